The van der Waals surface area contributed by atoms with E-state index in [-0.39, 0.29) is 18.9 Å². The average molecular weight is 364 g/mol. The van der Waals surface area contributed by atoms with Crippen LogP contribution in [-0.2, 0) is 19.1 Å². The molecule has 0 aromatic heterocycles. The van der Waals surface area contributed by atoms with Gasteiger partial charge in [0.05, 0.1) is 12.5 Å². The molecule has 2 rings (SSSR count). The maximum absolute atomic E-state index is 12.7. The van der Waals surface area contributed by atoms with Gasteiger partial charge in [0, 0.05) is 13.6 Å². The number of imide groups is 1. The van der Waals surface area contributed by atoms with Crippen molar-refractivity contribution < 1.29 is 23.9 Å². The van der Waals surface area contributed by atoms with Crippen molar-refractivity contribution in [2.45, 2.75) is 44.6 Å². The third-order valence-corrected chi connectivity index (χ3v) is 5.13. The quantitative estimate of drug-likeness (QED) is 0.538. The van der Waals surface area contributed by atoms with Crippen molar-refractivity contribution >= 4 is 23.8 Å². The molecular weight excluding hydrogens is 340 g/mol. The molecule has 1 N–H and O–H groups in total. The van der Waals surface area contributed by atoms with E-state index in [1.807, 2.05) is 13.0 Å². The summed E-state index contributed by atoms with van der Waals surface area (Å²) in [5, 5.41) is 11.3. The third-order valence-electron chi connectivity index (χ3n) is 5.13. The van der Waals surface area contributed by atoms with E-state index < -0.39 is 42.5 Å². The maximum atomic E-state index is 12.7. The number of urea groups is 1. The lowest BCUT2D eigenvalue weighted by atomic mass is 9.73. The molecule has 0 unspecified atom stereocenters. The molecule has 26 heavy (non-hydrogen) atoms. The third kappa shape index (κ3) is 3.95. The van der Waals surface area contributed by atoms with Crippen LogP contribution in [0.4, 0.5) is 4.79 Å². The van der Waals surface area contributed by atoms with Gasteiger partial charge in [-0.15, -0.1) is 0 Å². The number of ether oxygens (including phenoxy) is 1. The van der Waals surface area contributed by atoms with Crippen LogP contribution in [0.25, 0.3) is 0 Å². The van der Waals surface area contributed by atoms with Gasteiger partial charge < -0.3 is 15.0 Å². The van der Waals surface area contributed by atoms with Crippen LogP contribution in [0.1, 0.15) is 39.0 Å². The normalized spacial score (nSPS) is 25.0. The molecule has 9 heteroatoms. The molecule has 142 valence electrons. The summed E-state index contributed by atoms with van der Waals surface area (Å²) in [5.41, 5.74) is -0.928. The first-order valence-corrected chi connectivity index (χ1v) is 8.72. The molecule has 1 spiro atoms. The fourth-order valence-electron chi connectivity index (χ4n) is 3.41. The summed E-state index contributed by atoms with van der Waals surface area (Å²) in [6.45, 7) is 1.15. The van der Waals surface area contributed by atoms with Gasteiger partial charge in [-0.1, -0.05) is 19.8 Å². The SMILES string of the molecule is C[C@H]1CCCC[C@@]12NC(=O)N(CC(=O)OCC(=O)N(C)CCC#N)C2=O. The number of rotatable bonds is 6. The summed E-state index contributed by atoms with van der Waals surface area (Å²) in [7, 11) is 1.50. The van der Waals surface area contributed by atoms with E-state index in [9.17, 15) is 19.2 Å². The Kier molecular flexibility index (Phi) is 6.18. The number of carbonyl (C=O) groups excluding carboxylic acids is 4. The minimum absolute atomic E-state index is 0.00378. The van der Waals surface area contributed by atoms with E-state index >= 15 is 0 Å². The van der Waals surface area contributed by atoms with Crippen molar-refractivity contribution in [2.75, 3.05) is 26.7 Å². The summed E-state index contributed by atoms with van der Waals surface area (Å²) < 4.78 is 4.88. The predicted molar refractivity (Wildman–Crippen MR) is 89.4 cm³/mol. The second-order valence-electron chi connectivity index (χ2n) is 6.82. The van der Waals surface area contributed by atoms with Crippen LogP contribution in [0.15, 0.2) is 0 Å². The number of hydrogen-bond donors (Lipinski definition) is 1. The Balaban J connectivity index is 1.89. The number of nitriles is 1. The molecule has 9 nitrogen and oxygen atoms in total. The van der Waals surface area contributed by atoms with Crippen LogP contribution in [0.5, 0.6) is 0 Å². The van der Waals surface area contributed by atoms with Gasteiger partial charge >= 0.3 is 12.0 Å². The highest BCUT2D eigenvalue weighted by atomic mass is 16.5. The van der Waals surface area contributed by atoms with E-state index in [0.717, 1.165) is 24.2 Å². The Morgan fingerprint density at radius 3 is 2.81 bits per heavy atom. The summed E-state index contributed by atoms with van der Waals surface area (Å²) in [5.74, 6) is -1.67. The monoisotopic (exact) mass is 364 g/mol. The van der Waals surface area contributed by atoms with Gasteiger partial charge in [-0.25, -0.2) is 4.79 Å². The van der Waals surface area contributed by atoms with Crippen LogP contribution in [-0.4, -0.2) is 65.9 Å². The molecule has 0 radical (unpaired) electrons. The molecule has 0 aromatic rings. The van der Waals surface area contributed by atoms with E-state index in [0.29, 0.717) is 6.42 Å². The summed E-state index contributed by atoms with van der Waals surface area (Å²) in [4.78, 5) is 50.8. The topological polar surface area (TPSA) is 120 Å². The number of esters is 1. The van der Waals surface area contributed by atoms with Crippen molar-refractivity contribution in [3.63, 3.8) is 0 Å². The van der Waals surface area contributed by atoms with Crippen LogP contribution >= 0.6 is 0 Å². The molecule has 1 aliphatic carbocycles. The molecule has 1 saturated heterocycles. The minimum Gasteiger partial charge on any atom is -0.454 e. The Bertz CT molecular complexity index is 644. The highest BCUT2D eigenvalue weighted by molar-refractivity contribution is 6.09. The standard InChI is InChI=1S/C17H24N4O5/c1-12-6-3-4-7-17(12)15(24)21(16(25)19-17)10-14(23)26-11-13(22)20(2)9-5-8-18/h12H,3-7,9-11H2,1-2H3,(H,19,25)/t12-,17+/m0/s1. The summed E-state index contributed by atoms with van der Waals surface area (Å²) >= 11 is 0. The zero-order valence-corrected chi connectivity index (χ0v) is 15.1. The first-order valence-electron chi connectivity index (χ1n) is 8.72. The van der Waals surface area contributed by atoms with Crippen molar-refractivity contribution in [1.82, 2.24) is 15.1 Å². The Labute approximate surface area is 152 Å². The molecule has 0 bridgehead atoms. The number of nitrogens with zero attached hydrogens (tertiary/aromatic N) is 3. The van der Waals surface area contributed by atoms with Crippen molar-refractivity contribution in [3.8, 4) is 6.07 Å². The van der Waals surface area contributed by atoms with Crippen molar-refractivity contribution in [2.24, 2.45) is 5.92 Å². The Morgan fingerprint density at radius 1 is 1.42 bits per heavy atom. The molecule has 1 saturated carbocycles. The molecule has 2 aliphatic rings. The predicted octanol–water partition coefficient (Wildman–Crippen LogP) is 0.402. The first-order chi connectivity index (χ1) is 12.3. The Morgan fingerprint density at radius 2 is 2.15 bits per heavy atom. The van der Waals surface area contributed by atoms with E-state index in [1.165, 1.54) is 11.9 Å². The van der Waals surface area contributed by atoms with Gasteiger partial charge in [0.25, 0.3) is 11.8 Å². The lowest BCUT2D eigenvalue weighted by Crippen LogP contribution is -2.54. The maximum Gasteiger partial charge on any atom is 0.326 e. The molecule has 4 amide bonds. The molecular formula is C17H24N4O5. The smallest absolute Gasteiger partial charge is 0.326 e. The molecule has 1 aliphatic heterocycles. The van der Waals surface area contributed by atoms with Crippen molar-refractivity contribution in [1.29, 1.82) is 5.26 Å². The van der Waals surface area contributed by atoms with Crippen LogP contribution in [0.2, 0.25) is 0 Å². The van der Waals surface area contributed by atoms with Gasteiger partial charge in [-0.3, -0.25) is 19.3 Å². The number of amides is 4. The first kappa shape index (κ1) is 19.7. The van der Waals surface area contributed by atoms with Crippen LogP contribution < -0.4 is 5.32 Å². The molecule has 2 atom stereocenters. The Hall–Kier alpha value is -2.63. The molecule has 1 heterocycles. The number of likely N-dealkylation sites (N-methyl/N-ethyl adjacent to an activating group) is 1. The molecule has 2 fully saturated rings. The second kappa shape index (κ2) is 8.17. The highest BCUT2D eigenvalue weighted by Crippen LogP contribution is 2.38. The minimum atomic E-state index is -0.928. The average Bonchev–Trinajstić information content (AvgIpc) is 2.85. The zero-order chi connectivity index (χ0) is 19.3. The molecule has 0 aromatic carbocycles. The fraction of sp³-hybridized carbons (Fsp3) is 0.706. The zero-order valence-electron chi connectivity index (χ0n) is 15.1. The lowest BCUT2D eigenvalue weighted by Gasteiger charge is -2.36. The number of carbonyl (C=O) groups is 4. The highest BCUT2D eigenvalue weighted by Gasteiger charge is 2.55. The van der Waals surface area contributed by atoms with Gasteiger partial charge in [0.15, 0.2) is 6.61 Å². The largest absolute Gasteiger partial charge is 0.454 e. The van der Waals surface area contributed by atoms with E-state index in [1.54, 1.807) is 0 Å². The number of hydrogen-bond acceptors (Lipinski definition) is 6. The van der Waals surface area contributed by atoms with Gasteiger partial charge in [0.1, 0.15) is 12.1 Å². The van der Waals surface area contributed by atoms with Crippen LogP contribution in [0, 0.1) is 17.2 Å². The fourth-order valence-corrected chi connectivity index (χ4v) is 3.41. The van der Waals surface area contributed by atoms with E-state index in [4.69, 9.17) is 10.00 Å². The summed E-state index contributed by atoms with van der Waals surface area (Å²) in [6, 6.07) is 1.32. The second-order valence-corrected chi connectivity index (χ2v) is 6.82. The lowest BCUT2D eigenvalue weighted by molar-refractivity contribution is -0.153. The van der Waals surface area contributed by atoms with Gasteiger partial charge in [0.2, 0.25) is 0 Å². The van der Waals surface area contributed by atoms with Gasteiger partial charge in [-0.05, 0) is 18.8 Å². The number of nitrogens with one attached hydrogen (secondary N) is 1. The van der Waals surface area contributed by atoms with E-state index in [2.05, 4.69) is 5.32 Å². The van der Waals surface area contributed by atoms with Gasteiger partial charge in [-0.2, -0.15) is 5.26 Å². The van der Waals surface area contributed by atoms with Crippen molar-refractivity contribution in [3.05, 3.63) is 0 Å². The summed E-state index contributed by atoms with van der Waals surface area (Å²) in [6.07, 6.45) is 3.44. The van der Waals surface area contributed by atoms with Crippen LogP contribution in [0.3, 0.4) is 0 Å².